The van der Waals surface area contributed by atoms with Gasteiger partial charge in [-0.2, -0.15) is 0 Å². The molecule has 2 rings (SSSR count). The van der Waals surface area contributed by atoms with Crippen LogP contribution in [0, 0.1) is 0 Å². The quantitative estimate of drug-likeness (QED) is 0.883. The molecule has 0 aliphatic carbocycles. The molecular formula is C14H13Cl2N. The van der Waals surface area contributed by atoms with Crippen molar-refractivity contribution in [3.05, 3.63) is 69.7 Å². The van der Waals surface area contributed by atoms with E-state index in [1.807, 2.05) is 30.3 Å². The molecule has 2 aromatic rings. The molecule has 0 aromatic heterocycles. The van der Waals surface area contributed by atoms with Gasteiger partial charge in [0.05, 0.1) is 0 Å². The minimum absolute atomic E-state index is 0.109. The third-order valence-electron chi connectivity index (χ3n) is 2.66. The van der Waals surface area contributed by atoms with Crippen LogP contribution < -0.4 is 5.73 Å². The van der Waals surface area contributed by atoms with Gasteiger partial charge in [0.15, 0.2) is 0 Å². The molecule has 0 amide bonds. The van der Waals surface area contributed by atoms with E-state index in [1.165, 1.54) is 5.56 Å². The number of benzene rings is 2. The van der Waals surface area contributed by atoms with Gasteiger partial charge in [-0.25, -0.2) is 0 Å². The summed E-state index contributed by atoms with van der Waals surface area (Å²) in [6, 6.07) is 15.4. The average molecular weight is 266 g/mol. The fourth-order valence-electron chi connectivity index (χ4n) is 1.78. The third kappa shape index (κ3) is 3.22. The summed E-state index contributed by atoms with van der Waals surface area (Å²) in [6.45, 7) is 0. The first-order chi connectivity index (χ1) is 8.16. The van der Waals surface area contributed by atoms with E-state index < -0.39 is 0 Å². The Balaban J connectivity index is 2.17. The van der Waals surface area contributed by atoms with E-state index in [0.717, 1.165) is 12.0 Å². The molecule has 0 fully saturated rings. The van der Waals surface area contributed by atoms with Crippen LogP contribution in [0.3, 0.4) is 0 Å². The van der Waals surface area contributed by atoms with Crippen molar-refractivity contribution < 1.29 is 0 Å². The minimum Gasteiger partial charge on any atom is -0.324 e. The lowest BCUT2D eigenvalue weighted by atomic mass is 10.00. The molecule has 1 atom stereocenters. The summed E-state index contributed by atoms with van der Waals surface area (Å²) in [5, 5.41) is 1.26. The van der Waals surface area contributed by atoms with Crippen LogP contribution >= 0.6 is 23.2 Å². The van der Waals surface area contributed by atoms with Crippen LogP contribution in [0.5, 0.6) is 0 Å². The van der Waals surface area contributed by atoms with Gasteiger partial charge in [-0.1, -0.05) is 59.6 Å². The number of rotatable bonds is 3. The first kappa shape index (κ1) is 12.4. The second kappa shape index (κ2) is 5.54. The average Bonchev–Trinajstić information content (AvgIpc) is 2.30. The summed E-state index contributed by atoms with van der Waals surface area (Å²) in [7, 11) is 0. The van der Waals surface area contributed by atoms with E-state index in [0.29, 0.717) is 10.0 Å². The van der Waals surface area contributed by atoms with Crippen molar-refractivity contribution in [2.45, 2.75) is 12.5 Å². The predicted octanol–water partition coefficient (Wildman–Crippen LogP) is 4.24. The molecule has 88 valence electrons. The van der Waals surface area contributed by atoms with E-state index in [9.17, 15) is 0 Å². The Morgan fingerprint density at radius 2 is 1.71 bits per heavy atom. The lowest BCUT2D eigenvalue weighted by Crippen LogP contribution is -2.13. The summed E-state index contributed by atoms with van der Waals surface area (Å²) >= 11 is 12.0. The minimum atomic E-state index is -0.109. The maximum atomic E-state index is 6.15. The van der Waals surface area contributed by atoms with E-state index >= 15 is 0 Å². The fraction of sp³-hybridized carbons (Fsp3) is 0.143. The smallest absolute Gasteiger partial charge is 0.0468 e. The molecule has 3 heteroatoms. The third-order valence-corrected chi connectivity index (χ3v) is 3.22. The molecule has 0 heterocycles. The first-order valence-corrected chi connectivity index (χ1v) is 6.17. The van der Waals surface area contributed by atoms with Crippen molar-refractivity contribution in [3.8, 4) is 0 Å². The monoisotopic (exact) mass is 265 g/mol. The number of hydrogen-bond acceptors (Lipinski definition) is 1. The van der Waals surface area contributed by atoms with Crippen LogP contribution in [0.4, 0.5) is 0 Å². The zero-order valence-electron chi connectivity index (χ0n) is 9.24. The Kier molecular flexibility index (Phi) is 4.06. The summed E-state index contributed by atoms with van der Waals surface area (Å²) in [5.41, 5.74) is 8.28. The predicted molar refractivity (Wildman–Crippen MR) is 73.5 cm³/mol. The van der Waals surface area contributed by atoms with Gasteiger partial charge in [-0.15, -0.1) is 0 Å². The summed E-state index contributed by atoms with van der Waals surface area (Å²) in [6.07, 6.45) is 0.766. The molecule has 0 spiro atoms. The van der Waals surface area contributed by atoms with Crippen LogP contribution in [-0.2, 0) is 6.42 Å². The zero-order chi connectivity index (χ0) is 12.3. The molecule has 0 radical (unpaired) electrons. The molecule has 2 N–H and O–H groups in total. The molecule has 0 saturated carbocycles. The fourth-order valence-corrected chi connectivity index (χ4v) is 2.33. The van der Waals surface area contributed by atoms with Gasteiger partial charge < -0.3 is 5.73 Å². The highest BCUT2D eigenvalue weighted by Gasteiger charge is 2.11. The van der Waals surface area contributed by atoms with E-state index in [1.54, 1.807) is 6.07 Å². The van der Waals surface area contributed by atoms with Gasteiger partial charge in [-0.3, -0.25) is 0 Å². The Morgan fingerprint density at radius 1 is 1.00 bits per heavy atom. The lowest BCUT2D eigenvalue weighted by molar-refractivity contribution is 0.722. The Morgan fingerprint density at radius 3 is 2.35 bits per heavy atom. The van der Waals surface area contributed by atoms with Gasteiger partial charge in [0, 0.05) is 16.1 Å². The van der Waals surface area contributed by atoms with Gasteiger partial charge in [0.2, 0.25) is 0 Å². The molecular weight excluding hydrogens is 253 g/mol. The van der Waals surface area contributed by atoms with E-state index in [4.69, 9.17) is 28.9 Å². The molecule has 17 heavy (non-hydrogen) atoms. The zero-order valence-corrected chi connectivity index (χ0v) is 10.7. The van der Waals surface area contributed by atoms with Crippen molar-refractivity contribution in [2.24, 2.45) is 5.73 Å². The van der Waals surface area contributed by atoms with Gasteiger partial charge >= 0.3 is 0 Å². The lowest BCUT2D eigenvalue weighted by Gasteiger charge is -2.14. The summed E-state index contributed by atoms with van der Waals surface area (Å²) < 4.78 is 0. The van der Waals surface area contributed by atoms with Crippen LogP contribution in [-0.4, -0.2) is 0 Å². The van der Waals surface area contributed by atoms with Crippen molar-refractivity contribution >= 4 is 23.2 Å². The SMILES string of the molecule is NC(Cc1ccccc1)c1ccc(Cl)cc1Cl. The Labute approximate surface area is 111 Å². The second-order valence-corrected chi connectivity index (χ2v) is 4.81. The number of hydrogen-bond donors (Lipinski definition) is 1. The van der Waals surface area contributed by atoms with Crippen molar-refractivity contribution in [3.63, 3.8) is 0 Å². The van der Waals surface area contributed by atoms with Gasteiger partial charge in [0.1, 0.15) is 0 Å². The van der Waals surface area contributed by atoms with Crippen molar-refractivity contribution in [1.29, 1.82) is 0 Å². The molecule has 0 saturated heterocycles. The maximum absolute atomic E-state index is 6.15. The Bertz CT molecular complexity index is 497. The largest absolute Gasteiger partial charge is 0.324 e. The second-order valence-electron chi connectivity index (χ2n) is 3.96. The molecule has 1 unspecified atom stereocenters. The van der Waals surface area contributed by atoms with Gasteiger partial charge in [0.25, 0.3) is 0 Å². The van der Waals surface area contributed by atoms with Crippen LogP contribution in [0.15, 0.2) is 48.5 Å². The molecule has 0 aliphatic rings. The molecule has 0 aliphatic heterocycles. The first-order valence-electron chi connectivity index (χ1n) is 5.41. The highest BCUT2D eigenvalue weighted by Crippen LogP contribution is 2.26. The standard InChI is InChI=1S/C14H13Cl2N/c15-11-6-7-12(13(16)9-11)14(17)8-10-4-2-1-3-5-10/h1-7,9,14H,8,17H2. The maximum Gasteiger partial charge on any atom is 0.0468 e. The summed E-state index contributed by atoms with van der Waals surface area (Å²) in [4.78, 5) is 0. The summed E-state index contributed by atoms with van der Waals surface area (Å²) in [5.74, 6) is 0. The van der Waals surface area contributed by atoms with Crippen LogP contribution in [0.1, 0.15) is 17.2 Å². The van der Waals surface area contributed by atoms with E-state index in [2.05, 4.69) is 12.1 Å². The van der Waals surface area contributed by atoms with Crippen LogP contribution in [0.2, 0.25) is 10.0 Å². The normalized spacial score (nSPS) is 12.4. The number of nitrogens with two attached hydrogens (primary N) is 1. The highest BCUT2D eigenvalue weighted by molar-refractivity contribution is 6.35. The van der Waals surface area contributed by atoms with Crippen LogP contribution in [0.25, 0.3) is 0 Å². The van der Waals surface area contributed by atoms with Gasteiger partial charge in [-0.05, 0) is 29.7 Å². The van der Waals surface area contributed by atoms with Crippen molar-refractivity contribution in [2.75, 3.05) is 0 Å². The molecule has 1 nitrogen and oxygen atoms in total. The molecule has 2 aromatic carbocycles. The molecule has 0 bridgehead atoms. The topological polar surface area (TPSA) is 26.0 Å². The highest BCUT2D eigenvalue weighted by atomic mass is 35.5. The van der Waals surface area contributed by atoms with E-state index in [-0.39, 0.29) is 6.04 Å². The Hall–Kier alpha value is -1.02. The van der Waals surface area contributed by atoms with Crippen molar-refractivity contribution in [1.82, 2.24) is 0 Å². The number of halogens is 2.